The van der Waals surface area contributed by atoms with E-state index in [0.717, 1.165) is 24.3 Å². The molecule has 0 aliphatic rings. The summed E-state index contributed by atoms with van der Waals surface area (Å²) in [4.78, 5) is 16.5. The van der Waals surface area contributed by atoms with Crippen molar-refractivity contribution in [1.82, 2.24) is 4.90 Å². The van der Waals surface area contributed by atoms with E-state index in [9.17, 15) is 9.18 Å². The van der Waals surface area contributed by atoms with Crippen LogP contribution < -0.4 is 4.90 Å². The van der Waals surface area contributed by atoms with E-state index in [4.69, 9.17) is 0 Å². The van der Waals surface area contributed by atoms with Gasteiger partial charge in [0.2, 0.25) is 0 Å². The van der Waals surface area contributed by atoms with Crippen molar-refractivity contribution in [3.63, 3.8) is 0 Å². The Balaban J connectivity index is 1.99. The zero-order valence-electron chi connectivity index (χ0n) is 14.4. The van der Waals surface area contributed by atoms with E-state index in [-0.39, 0.29) is 11.6 Å². The molecule has 4 heteroatoms. The summed E-state index contributed by atoms with van der Waals surface area (Å²) >= 11 is 0. The Morgan fingerprint density at radius 3 is 2.17 bits per heavy atom. The van der Waals surface area contributed by atoms with Crippen LogP contribution in [0, 0.1) is 5.82 Å². The number of carbonyl (C=O) groups is 1. The molecule has 0 unspecified atom stereocenters. The fourth-order valence-corrected chi connectivity index (χ4v) is 2.20. The number of hydrogen-bond donors (Lipinski definition) is 0. The Kier molecular flexibility index (Phi) is 6.27. The summed E-state index contributed by atoms with van der Waals surface area (Å²) in [6.45, 7) is 1.89. The lowest BCUT2D eigenvalue weighted by Crippen LogP contribution is -2.28. The summed E-state index contributed by atoms with van der Waals surface area (Å²) in [6, 6.07) is 13.6. The van der Waals surface area contributed by atoms with Crippen molar-refractivity contribution in [3.8, 4) is 0 Å². The van der Waals surface area contributed by atoms with Crippen molar-refractivity contribution in [2.45, 2.75) is 0 Å². The van der Waals surface area contributed by atoms with Gasteiger partial charge in [0.15, 0.2) is 5.78 Å². The molecule has 126 valence electrons. The van der Waals surface area contributed by atoms with Crippen LogP contribution in [-0.4, -0.2) is 44.9 Å². The molecule has 0 aliphatic carbocycles. The number of allylic oxidation sites excluding steroid dienone is 1. The van der Waals surface area contributed by atoms with Gasteiger partial charge in [-0.3, -0.25) is 4.79 Å². The van der Waals surface area contributed by atoms with Crippen molar-refractivity contribution >= 4 is 17.5 Å². The van der Waals surface area contributed by atoms with E-state index in [0.29, 0.717) is 5.56 Å². The Morgan fingerprint density at radius 2 is 1.58 bits per heavy atom. The Morgan fingerprint density at radius 1 is 0.958 bits per heavy atom. The number of ketones is 1. The van der Waals surface area contributed by atoms with Crippen LogP contribution in [0.2, 0.25) is 0 Å². The molecule has 0 amide bonds. The minimum atomic E-state index is -0.285. The minimum Gasteiger partial charge on any atom is -0.373 e. The van der Waals surface area contributed by atoms with E-state index < -0.39 is 0 Å². The lowest BCUT2D eigenvalue weighted by atomic mass is 10.1. The van der Waals surface area contributed by atoms with E-state index in [1.165, 1.54) is 18.2 Å². The average Bonchev–Trinajstić information content (AvgIpc) is 2.59. The van der Waals surface area contributed by atoms with Gasteiger partial charge in [0, 0.05) is 31.4 Å². The zero-order chi connectivity index (χ0) is 17.5. The molecule has 0 N–H and O–H groups in total. The van der Waals surface area contributed by atoms with Crippen molar-refractivity contribution in [2.75, 3.05) is 39.1 Å². The fraction of sp³-hybridized carbons (Fsp3) is 0.250. The number of halogens is 1. The van der Waals surface area contributed by atoms with E-state index in [2.05, 4.69) is 9.80 Å². The van der Waals surface area contributed by atoms with Gasteiger partial charge in [-0.15, -0.1) is 0 Å². The van der Waals surface area contributed by atoms with E-state index >= 15 is 0 Å². The monoisotopic (exact) mass is 326 g/mol. The topological polar surface area (TPSA) is 23.6 Å². The highest BCUT2D eigenvalue weighted by molar-refractivity contribution is 6.06. The molecular weight excluding hydrogens is 303 g/mol. The number of nitrogens with zero attached hydrogens (tertiary/aromatic N) is 2. The first-order valence-electron chi connectivity index (χ1n) is 7.89. The molecule has 0 saturated carbocycles. The number of hydrogen-bond acceptors (Lipinski definition) is 3. The molecule has 2 aromatic carbocycles. The first kappa shape index (κ1) is 17.9. The number of benzene rings is 2. The minimum absolute atomic E-state index is 0.0678. The third kappa shape index (κ3) is 5.32. The van der Waals surface area contributed by atoms with Gasteiger partial charge in [0.25, 0.3) is 0 Å². The maximum atomic E-state index is 12.9. The highest BCUT2D eigenvalue weighted by Gasteiger charge is 2.05. The van der Waals surface area contributed by atoms with Gasteiger partial charge < -0.3 is 9.80 Å². The molecule has 2 aromatic rings. The highest BCUT2D eigenvalue weighted by Crippen LogP contribution is 2.15. The second-order valence-electron chi connectivity index (χ2n) is 6.02. The third-order valence-electron chi connectivity index (χ3n) is 3.77. The van der Waals surface area contributed by atoms with Gasteiger partial charge in [-0.05, 0) is 62.1 Å². The van der Waals surface area contributed by atoms with Gasteiger partial charge in [-0.25, -0.2) is 4.39 Å². The average molecular weight is 326 g/mol. The largest absolute Gasteiger partial charge is 0.373 e. The Bertz CT molecular complexity index is 691. The predicted molar refractivity (Wildman–Crippen MR) is 98.0 cm³/mol. The summed E-state index contributed by atoms with van der Waals surface area (Å²) in [5.74, 6) is -0.353. The van der Waals surface area contributed by atoms with Gasteiger partial charge >= 0.3 is 0 Å². The second kappa shape index (κ2) is 8.41. The standard InChI is InChI=1S/C20H23FN2O/c1-22(2)14-15-23(3)19-11-7-17(8-12-19)20(24)13-6-16-4-9-18(21)10-5-16/h4-13H,14-15H2,1-3H3. The van der Waals surface area contributed by atoms with Crippen molar-refractivity contribution in [1.29, 1.82) is 0 Å². The molecule has 0 bridgehead atoms. The highest BCUT2D eigenvalue weighted by atomic mass is 19.1. The van der Waals surface area contributed by atoms with Gasteiger partial charge in [0.1, 0.15) is 5.82 Å². The fourth-order valence-electron chi connectivity index (χ4n) is 2.20. The predicted octanol–water partition coefficient (Wildman–Crippen LogP) is 3.72. The van der Waals surface area contributed by atoms with Gasteiger partial charge in [0.05, 0.1) is 0 Å². The summed E-state index contributed by atoms with van der Waals surface area (Å²) in [5.41, 5.74) is 2.51. The molecule has 0 aliphatic heterocycles. The first-order chi connectivity index (χ1) is 11.5. The smallest absolute Gasteiger partial charge is 0.185 e. The summed E-state index contributed by atoms with van der Waals surface area (Å²) in [5, 5.41) is 0. The van der Waals surface area contributed by atoms with Crippen LogP contribution in [-0.2, 0) is 0 Å². The maximum absolute atomic E-state index is 12.9. The van der Waals surface area contributed by atoms with Crippen LogP contribution in [0.15, 0.2) is 54.6 Å². The molecule has 0 radical (unpaired) electrons. The molecule has 0 fully saturated rings. The second-order valence-corrected chi connectivity index (χ2v) is 6.02. The van der Waals surface area contributed by atoms with Crippen LogP contribution >= 0.6 is 0 Å². The van der Waals surface area contributed by atoms with Gasteiger partial charge in [-0.1, -0.05) is 18.2 Å². The molecule has 0 heterocycles. The molecule has 0 aromatic heterocycles. The molecule has 2 rings (SSSR count). The van der Waals surface area contributed by atoms with E-state index in [1.54, 1.807) is 18.2 Å². The quantitative estimate of drug-likeness (QED) is 0.572. The Labute approximate surface area is 143 Å². The number of carbonyl (C=O) groups excluding carboxylic acids is 1. The van der Waals surface area contributed by atoms with Crippen LogP contribution in [0.4, 0.5) is 10.1 Å². The summed E-state index contributed by atoms with van der Waals surface area (Å²) in [7, 11) is 6.13. The van der Waals surface area contributed by atoms with Crippen molar-refractivity contribution in [3.05, 3.63) is 71.6 Å². The number of anilines is 1. The van der Waals surface area contributed by atoms with Crippen LogP contribution in [0.1, 0.15) is 15.9 Å². The molecule has 0 spiro atoms. The van der Waals surface area contributed by atoms with Crippen molar-refractivity contribution < 1.29 is 9.18 Å². The molecule has 0 atom stereocenters. The van der Waals surface area contributed by atoms with Crippen LogP contribution in [0.25, 0.3) is 6.08 Å². The first-order valence-corrected chi connectivity index (χ1v) is 7.89. The lowest BCUT2D eigenvalue weighted by Gasteiger charge is -2.21. The zero-order valence-corrected chi connectivity index (χ0v) is 14.4. The van der Waals surface area contributed by atoms with Crippen molar-refractivity contribution in [2.24, 2.45) is 0 Å². The third-order valence-corrected chi connectivity index (χ3v) is 3.77. The number of likely N-dealkylation sites (N-methyl/N-ethyl adjacent to an activating group) is 2. The SMILES string of the molecule is CN(C)CCN(C)c1ccc(C(=O)C=Cc2ccc(F)cc2)cc1. The number of rotatable bonds is 7. The molecular formula is C20H23FN2O. The molecule has 3 nitrogen and oxygen atoms in total. The Hall–Kier alpha value is -2.46. The maximum Gasteiger partial charge on any atom is 0.185 e. The van der Waals surface area contributed by atoms with Crippen LogP contribution in [0.5, 0.6) is 0 Å². The van der Waals surface area contributed by atoms with Gasteiger partial charge in [-0.2, -0.15) is 0 Å². The summed E-state index contributed by atoms with van der Waals surface area (Å²) < 4.78 is 12.9. The van der Waals surface area contributed by atoms with Crippen LogP contribution in [0.3, 0.4) is 0 Å². The van der Waals surface area contributed by atoms with E-state index in [1.807, 2.05) is 45.4 Å². The lowest BCUT2D eigenvalue weighted by molar-refractivity contribution is 0.104. The molecule has 24 heavy (non-hydrogen) atoms. The molecule has 0 saturated heterocycles. The normalized spacial score (nSPS) is 11.2. The summed E-state index contributed by atoms with van der Waals surface area (Å²) in [6.07, 6.45) is 3.21.